The molecule has 1 fully saturated rings. The van der Waals surface area contributed by atoms with E-state index in [1.165, 1.54) is 18.2 Å². The number of carbonyl (C=O) groups excluding carboxylic acids is 2. The van der Waals surface area contributed by atoms with Crippen molar-refractivity contribution in [1.29, 1.82) is 0 Å². The Morgan fingerprint density at radius 3 is 2.43 bits per heavy atom. The Morgan fingerprint density at radius 1 is 1.07 bits per heavy atom. The molecule has 5 N–H and O–H groups in total. The molecule has 2 aromatic rings. The van der Waals surface area contributed by atoms with Gasteiger partial charge in [0.1, 0.15) is 5.76 Å². The van der Waals surface area contributed by atoms with E-state index in [9.17, 15) is 34.8 Å². The van der Waals surface area contributed by atoms with Gasteiger partial charge in [0.2, 0.25) is 6.10 Å². The van der Waals surface area contributed by atoms with Crippen molar-refractivity contribution in [2.75, 3.05) is 13.6 Å². The van der Waals surface area contributed by atoms with Crippen molar-refractivity contribution < 1.29 is 54.1 Å². The summed E-state index contributed by atoms with van der Waals surface area (Å²) in [5, 5.41) is 51.6. The number of rotatable bonds is 7. The van der Waals surface area contributed by atoms with Gasteiger partial charge in [-0.2, -0.15) is 0 Å². The van der Waals surface area contributed by atoms with E-state index >= 15 is 0 Å². The number of phenols is 1. The van der Waals surface area contributed by atoms with Gasteiger partial charge >= 0.3 is 17.9 Å². The number of aryl methyl sites for hydroxylation is 1. The van der Waals surface area contributed by atoms with Crippen LogP contribution in [0.3, 0.4) is 0 Å². The third-order valence-electron chi connectivity index (χ3n) is 8.89. The van der Waals surface area contributed by atoms with Crippen LogP contribution in [0.5, 0.6) is 11.5 Å². The van der Waals surface area contributed by atoms with Gasteiger partial charge in [-0.25, -0.2) is 14.4 Å². The fourth-order valence-corrected chi connectivity index (χ4v) is 6.50. The maximum atomic E-state index is 13.6. The third-order valence-corrected chi connectivity index (χ3v) is 8.89. The Labute approximate surface area is 241 Å². The van der Waals surface area contributed by atoms with Gasteiger partial charge in [0, 0.05) is 23.6 Å². The molecule has 7 atom stereocenters. The zero-order valence-corrected chi connectivity index (χ0v) is 23.3. The average Bonchev–Trinajstić information content (AvgIpc) is 3.34. The Balaban J connectivity index is 1.52. The van der Waals surface area contributed by atoms with E-state index in [-0.39, 0.29) is 35.3 Å². The lowest BCUT2D eigenvalue weighted by Gasteiger charge is -2.58. The van der Waals surface area contributed by atoms with Crippen LogP contribution in [0.1, 0.15) is 42.6 Å². The number of carboxylic acid groups (broad SMARTS) is 1. The molecule has 12 heteroatoms. The van der Waals surface area contributed by atoms with E-state index in [2.05, 4.69) is 0 Å². The highest BCUT2D eigenvalue weighted by atomic mass is 16.6. The zero-order chi connectivity index (χ0) is 30.6. The molecule has 2 heterocycles. The molecule has 1 aliphatic carbocycles. The van der Waals surface area contributed by atoms with Crippen LogP contribution in [0.15, 0.2) is 54.3 Å². The van der Waals surface area contributed by atoms with Gasteiger partial charge in [-0.3, -0.25) is 0 Å². The third kappa shape index (κ3) is 4.42. The maximum absolute atomic E-state index is 13.6. The molecule has 0 unspecified atom stereocenters. The lowest BCUT2D eigenvalue weighted by atomic mass is 9.54. The highest BCUT2D eigenvalue weighted by Crippen LogP contribution is 2.62. The van der Waals surface area contributed by atoms with E-state index in [1.807, 2.05) is 25.8 Å². The number of phenolic OH excluding ortho intramolecular Hbond substituents is 1. The summed E-state index contributed by atoms with van der Waals surface area (Å²) in [4.78, 5) is 39.3. The number of aliphatic carboxylic acids is 1. The first kappa shape index (κ1) is 29.5. The topological polar surface area (TPSA) is 183 Å². The van der Waals surface area contributed by atoms with Crippen LogP contribution in [0, 0.1) is 6.92 Å². The van der Waals surface area contributed by atoms with Gasteiger partial charge < -0.3 is 44.6 Å². The van der Waals surface area contributed by atoms with Crippen molar-refractivity contribution in [2.45, 2.75) is 68.2 Å². The van der Waals surface area contributed by atoms with E-state index in [0.717, 1.165) is 5.56 Å². The largest absolute Gasteiger partial charge is 0.504 e. The zero-order valence-electron chi connectivity index (χ0n) is 23.3. The first-order valence-electron chi connectivity index (χ1n) is 13.5. The summed E-state index contributed by atoms with van der Waals surface area (Å²) in [5.74, 6) is -4.38. The second kappa shape index (κ2) is 10.7. The van der Waals surface area contributed by atoms with Crippen LogP contribution >= 0.6 is 0 Å². The number of aliphatic hydroxyl groups excluding tert-OH is 2. The molecule has 12 nitrogen and oxygen atoms in total. The fourth-order valence-electron chi connectivity index (χ4n) is 6.50. The van der Waals surface area contributed by atoms with Crippen molar-refractivity contribution in [3.63, 3.8) is 0 Å². The number of esters is 2. The minimum atomic E-state index is -2.48. The Bertz CT molecular complexity index is 1440. The summed E-state index contributed by atoms with van der Waals surface area (Å²) >= 11 is 0. The van der Waals surface area contributed by atoms with Crippen molar-refractivity contribution in [3.8, 4) is 11.5 Å². The van der Waals surface area contributed by atoms with Gasteiger partial charge in [-0.05, 0) is 51.6 Å². The fraction of sp³-hybridized carbons (Fsp3) is 0.433. The predicted octanol–water partition coefficient (Wildman–Crippen LogP) is 1.08. The number of hydrogen-bond acceptors (Lipinski definition) is 11. The van der Waals surface area contributed by atoms with Crippen LogP contribution < -0.4 is 4.74 Å². The number of hydrogen-bond donors (Lipinski definition) is 5. The van der Waals surface area contributed by atoms with Crippen molar-refractivity contribution in [1.82, 2.24) is 4.90 Å². The highest BCUT2D eigenvalue weighted by molar-refractivity contribution is 5.87. The minimum absolute atomic E-state index is 0.0412. The van der Waals surface area contributed by atoms with Gasteiger partial charge in [0.15, 0.2) is 29.8 Å². The highest BCUT2D eigenvalue weighted by Gasteiger charge is 2.69. The predicted molar refractivity (Wildman–Crippen MR) is 144 cm³/mol. The van der Waals surface area contributed by atoms with Gasteiger partial charge in [0.05, 0.1) is 11.0 Å². The lowest BCUT2D eigenvalue weighted by Crippen LogP contribution is -2.71. The SMILES string of the molecule is Cc1ccc(O)c2c1[C@]13CCN(C)[C@H](C)[C@]1(O)CC=C(OC(=O)[C@@H](OC(=O)[C@H](O)[C@@H](O)C(=O)O)c1ccccc1)[C@@H]3O2. The minimum Gasteiger partial charge on any atom is -0.504 e. The summed E-state index contributed by atoms with van der Waals surface area (Å²) < 4.78 is 17.3. The molecular weight excluding hydrogens is 550 g/mol. The molecular formula is C30H33NO11. The molecule has 0 radical (unpaired) electrons. The molecule has 2 aromatic carbocycles. The van der Waals surface area contributed by atoms with Gasteiger partial charge in [0.25, 0.3) is 0 Å². The van der Waals surface area contributed by atoms with Crippen LogP contribution in [0.25, 0.3) is 0 Å². The standard InChI is InChI=1S/C30H33NO11/c1-15-9-10-18(32)24-20(15)29-13-14-31(3)16(2)30(29,39)12-11-19(25(29)41-24)40-28(38)23(17-7-5-4-6-8-17)42-27(37)22(34)21(33)26(35)36/h4-11,16,21-23,25,32-34,39H,12-14H2,1-3H3,(H,35,36)/t16-,21-,22-,23+,25+,29+,30-/m1/s1. The number of fused-ring (bicyclic) bond motifs is 1. The monoisotopic (exact) mass is 583 g/mol. The summed E-state index contributed by atoms with van der Waals surface area (Å²) in [6.07, 6.45) is -5.68. The Morgan fingerprint density at radius 2 is 1.76 bits per heavy atom. The number of piperidine rings is 1. The maximum Gasteiger partial charge on any atom is 0.357 e. The van der Waals surface area contributed by atoms with E-state index < -0.39 is 53.3 Å². The molecule has 3 aliphatic rings. The number of likely N-dealkylation sites (tertiary alicyclic amines) is 1. The number of aliphatic hydroxyl groups is 3. The first-order chi connectivity index (χ1) is 19.8. The number of nitrogens with zero attached hydrogens (tertiary/aromatic N) is 1. The lowest BCUT2D eigenvalue weighted by molar-refractivity contribution is -0.182. The Hall–Kier alpha value is -3.97. The molecule has 0 bridgehead atoms. The molecule has 0 aromatic heterocycles. The number of ether oxygens (including phenoxy) is 3. The van der Waals surface area contributed by atoms with Crippen molar-refractivity contribution in [2.24, 2.45) is 0 Å². The summed E-state index contributed by atoms with van der Waals surface area (Å²) in [5.41, 5.74) is -0.884. The number of likely N-dealkylation sites (N-methyl/N-ethyl adjacent to an activating group) is 1. The number of benzene rings is 2. The van der Waals surface area contributed by atoms with Crippen molar-refractivity contribution >= 4 is 17.9 Å². The smallest absolute Gasteiger partial charge is 0.357 e. The van der Waals surface area contributed by atoms with E-state index in [4.69, 9.17) is 19.3 Å². The molecule has 224 valence electrons. The van der Waals surface area contributed by atoms with E-state index in [0.29, 0.717) is 18.5 Å². The molecule has 0 saturated carbocycles. The second-order valence-electron chi connectivity index (χ2n) is 11.1. The van der Waals surface area contributed by atoms with Crippen molar-refractivity contribution in [3.05, 3.63) is 71.0 Å². The Kier molecular flexibility index (Phi) is 7.52. The number of carboxylic acids is 1. The normalized spacial score (nSPS) is 28.6. The molecule has 0 amide bonds. The average molecular weight is 584 g/mol. The quantitative estimate of drug-likeness (QED) is 0.293. The summed E-state index contributed by atoms with van der Waals surface area (Å²) in [6.45, 7) is 4.34. The van der Waals surface area contributed by atoms with Crippen LogP contribution in [0.4, 0.5) is 0 Å². The molecule has 1 saturated heterocycles. The van der Waals surface area contributed by atoms with E-state index in [1.54, 1.807) is 30.3 Å². The molecule has 2 aliphatic heterocycles. The molecule has 42 heavy (non-hydrogen) atoms. The second-order valence-corrected chi connectivity index (χ2v) is 11.1. The van der Waals surface area contributed by atoms with Crippen LogP contribution in [0.2, 0.25) is 0 Å². The number of aromatic hydroxyl groups is 1. The molecule has 5 rings (SSSR count). The van der Waals surface area contributed by atoms with Crippen LogP contribution in [-0.2, 0) is 29.3 Å². The van der Waals surface area contributed by atoms with Crippen LogP contribution in [-0.4, -0.2) is 91.9 Å². The first-order valence-corrected chi connectivity index (χ1v) is 13.5. The van der Waals surface area contributed by atoms with Gasteiger partial charge in [-0.1, -0.05) is 36.4 Å². The summed E-state index contributed by atoms with van der Waals surface area (Å²) in [6, 6.07) is 10.6. The molecule has 1 spiro atoms. The van der Waals surface area contributed by atoms with Gasteiger partial charge in [-0.15, -0.1) is 0 Å². The number of carbonyl (C=O) groups is 3. The summed E-state index contributed by atoms with van der Waals surface area (Å²) in [7, 11) is 1.91.